The highest BCUT2D eigenvalue weighted by Gasteiger charge is 2.32. The van der Waals surface area contributed by atoms with Crippen LogP contribution >= 0.6 is 0 Å². The maximum Gasteiger partial charge on any atom is 0.416 e. The predicted molar refractivity (Wildman–Crippen MR) is 165 cm³/mol. The van der Waals surface area contributed by atoms with E-state index in [1.165, 1.54) is 17.7 Å². The van der Waals surface area contributed by atoms with Gasteiger partial charge in [-0.2, -0.15) is 13.2 Å². The number of hydrogen-bond donors (Lipinski definition) is 1. The number of amides is 1. The van der Waals surface area contributed by atoms with Crippen molar-refractivity contribution in [2.45, 2.75) is 71.6 Å². The second-order valence-electron chi connectivity index (χ2n) is 11.2. The fraction of sp³-hybridized carbons (Fsp3) is 0.400. The van der Waals surface area contributed by atoms with Gasteiger partial charge in [-0.1, -0.05) is 80.1 Å². The van der Waals surface area contributed by atoms with Crippen molar-refractivity contribution in [3.8, 4) is 0 Å². The molecule has 0 aliphatic heterocycles. The largest absolute Gasteiger partial charge is 0.416 e. The molecule has 1 N–H and O–H groups in total. The van der Waals surface area contributed by atoms with Crippen LogP contribution in [0.1, 0.15) is 73.8 Å². The number of para-hydroxylation sites is 1. The molecule has 2 atom stereocenters. The molecule has 0 fully saturated rings. The molecule has 1 aromatic heterocycles. The number of nitrogens with one attached hydrogen (secondary N) is 1. The lowest BCUT2D eigenvalue weighted by Gasteiger charge is -2.22. The van der Waals surface area contributed by atoms with Gasteiger partial charge in [0.2, 0.25) is 5.91 Å². The number of nitrogens with zero attached hydrogens (tertiary/aromatic N) is 2. The number of carbonyl (C=O) groups is 1. The Morgan fingerprint density at radius 1 is 0.976 bits per heavy atom. The third-order valence-corrected chi connectivity index (χ3v) is 8.09. The number of fused-ring (bicyclic) bond motifs is 1. The number of alkyl halides is 3. The molecule has 0 bridgehead atoms. The van der Waals surface area contributed by atoms with Crippen molar-refractivity contribution in [3.05, 3.63) is 107 Å². The van der Waals surface area contributed by atoms with E-state index in [2.05, 4.69) is 52.9 Å². The average molecular weight is 578 g/mol. The Hall–Kier alpha value is -3.58. The maximum absolute atomic E-state index is 13.7. The predicted octanol–water partition coefficient (Wildman–Crippen LogP) is 8.17. The molecular weight excluding hydrogens is 535 g/mol. The summed E-state index contributed by atoms with van der Waals surface area (Å²) in [4.78, 5) is 15.8. The first-order chi connectivity index (χ1) is 20.1. The van der Waals surface area contributed by atoms with E-state index in [9.17, 15) is 18.0 Å². The number of benzene rings is 3. The molecule has 224 valence electrons. The molecule has 0 radical (unpaired) electrons. The van der Waals surface area contributed by atoms with Gasteiger partial charge in [-0.25, -0.2) is 0 Å². The molecule has 0 aliphatic rings. The smallest absolute Gasteiger partial charge is 0.354 e. The van der Waals surface area contributed by atoms with E-state index in [0.29, 0.717) is 12.1 Å². The SMILES string of the molecule is CCN(CC)CCC[C@@H](C)NC(=O)C[C@H](c1cccc(C(F)(F)F)c1)c1cn(Cc2ccc(C)cc2)c2ccccc12. The molecular formula is C35H42F3N3O. The molecule has 7 heteroatoms. The van der Waals surface area contributed by atoms with Crippen LogP contribution in [0.5, 0.6) is 0 Å². The second kappa shape index (κ2) is 14.1. The summed E-state index contributed by atoms with van der Waals surface area (Å²) in [5, 5.41) is 4.06. The van der Waals surface area contributed by atoms with E-state index in [-0.39, 0.29) is 18.4 Å². The van der Waals surface area contributed by atoms with Crippen LogP contribution in [0.3, 0.4) is 0 Å². The first-order valence-electron chi connectivity index (χ1n) is 14.9. The number of rotatable bonds is 13. The van der Waals surface area contributed by atoms with Crippen molar-refractivity contribution in [1.82, 2.24) is 14.8 Å². The van der Waals surface area contributed by atoms with Crippen LogP contribution in [0.2, 0.25) is 0 Å². The van der Waals surface area contributed by atoms with Crippen molar-refractivity contribution in [3.63, 3.8) is 0 Å². The van der Waals surface area contributed by atoms with E-state index in [1.807, 2.05) is 44.3 Å². The van der Waals surface area contributed by atoms with E-state index in [1.54, 1.807) is 6.07 Å². The van der Waals surface area contributed by atoms with E-state index in [0.717, 1.165) is 60.6 Å². The van der Waals surface area contributed by atoms with Crippen LogP contribution < -0.4 is 5.32 Å². The lowest BCUT2D eigenvalue weighted by molar-refractivity contribution is -0.137. The van der Waals surface area contributed by atoms with Crippen molar-refractivity contribution in [2.24, 2.45) is 0 Å². The fourth-order valence-electron chi connectivity index (χ4n) is 5.67. The zero-order valence-corrected chi connectivity index (χ0v) is 25.0. The van der Waals surface area contributed by atoms with Crippen LogP contribution in [0.25, 0.3) is 10.9 Å². The molecule has 4 aromatic rings. The zero-order chi connectivity index (χ0) is 30.3. The Bertz CT molecular complexity index is 1450. The van der Waals surface area contributed by atoms with Crippen molar-refractivity contribution >= 4 is 16.8 Å². The van der Waals surface area contributed by atoms with E-state index < -0.39 is 17.7 Å². The highest BCUT2D eigenvalue weighted by molar-refractivity contribution is 5.87. The van der Waals surface area contributed by atoms with Crippen LogP contribution in [0.15, 0.2) is 79.0 Å². The normalized spacial score (nSPS) is 13.4. The van der Waals surface area contributed by atoms with Crippen molar-refractivity contribution in [2.75, 3.05) is 19.6 Å². The summed E-state index contributed by atoms with van der Waals surface area (Å²) in [5.41, 5.74) is 3.90. The highest BCUT2D eigenvalue weighted by atomic mass is 19.4. The van der Waals surface area contributed by atoms with E-state index >= 15 is 0 Å². The Labute approximate surface area is 247 Å². The third-order valence-electron chi connectivity index (χ3n) is 8.09. The summed E-state index contributed by atoms with van der Waals surface area (Å²) < 4.78 is 43.3. The monoisotopic (exact) mass is 577 g/mol. The minimum atomic E-state index is -4.47. The van der Waals surface area contributed by atoms with Crippen molar-refractivity contribution < 1.29 is 18.0 Å². The van der Waals surface area contributed by atoms with Gasteiger partial charge >= 0.3 is 6.18 Å². The molecule has 4 nitrogen and oxygen atoms in total. The molecule has 42 heavy (non-hydrogen) atoms. The Morgan fingerprint density at radius 2 is 1.69 bits per heavy atom. The van der Waals surface area contributed by atoms with Crippen molar-refractivity contribution in [1.29, 1.82) is 0 Å². The topological polar surface area (TPSA) is 37.3 Å². The van der Waals surface area contributed by atoms with Crippen LogP contribution in [-0.2, 0) is 17.5 Å². The molecule has 0 spiro atoms. The number of hydrogen-bond acceptors (Lipinski definition) is 2. The summed E-state index contributed by atoms with van der Waals surface area (Å²) in [6.45, 7) is 11.9. The van der Waals surface area contributed by atoms with Crippen LogP contribution in [0, 0.1) is 6.92 Å². The van der Waals surface area contributed by atoms with Gasteiger partial charge in [0.1, 0.15) is 0 Å². The highest BCUT2D eigenvalue weighted by Crippen LogP contribution is 2.38. The Morgan fingerprint density at radius 3 is 2.38 bits per heavy atom. The summed E-state index contributed by atoms with van der Waals surface area (Å²) >= 11 is 0. The standard InChI is InChI=1S/C35H42F3N3O/c1-5-40(6-2)20-10-11-26(4)39-34(42)22-31(28-12-9-13-29(21-28)35(36,37)38)32-24-41(33-15-8-7-14-30(32)33)23-27-18-16-25(3)17-19-27/h7-9,12-19,21,24,26,31H,5-6,10-11,20,22-23H2,1-4H3,(H,39,42)/t26-,31-/m1/s1. The number of aromatic nitrogens is 1. The molecule has 3 aromatic carbocycles. The molecule has 0 unspecified atom stereocenters. The van der Waals surface area contributed by atoms with Gasteiger partial charge in [0.05, 0.1) is 5.56 Å². The molecule has 0 saturated carbocycles. The van der Waals surface area contributed by atoms with Crippen LogP contribution in [-0.4, -0.2) is 41.1 Å². The second-order valence-corrected chi connectivity index (χ2v) is 11.2. The van der Waals surface area contributed by atoms with Gasteiger partial charge in [-0.05, 0) is 75.1 Å². The number of carbonyl (C=O) groups excluding carboxylic acids is 1. The molecule has 0 aliphatic carbocycles. The molecule has 4 rings (SSSR count). The summed E-state index contributed by atoms with van der Waals surface area (Å²) in [5.74, 6) is -0.706. The van der Waals surface area contributed by atoms with Gasteiger partial charge < -0.3 is 14.8 Å². The van der Waals surface area contributed by atoms with Gasteiger partial charge in [-0.3, -0.25) is 4.79 Å². The molecule has 1 heterocycles. The zero-order valence-electron chi connectivity index (χ0n) is 25.0. The number of halogens is 3. The van der Waals surface area contributed by atoms with Gasteiger partial charge in [-0.15, -0.1) is 0 Å². The first-order valence-corrected chi connectivity index (χ1v) is 14.9. The number of aryl methyl sites for hydroxylation is 1. The quantitative estimate of drug-likeness (QED) is 0.174. The molecule has 0 saturated heterocycles. The maximum atomic E-state index is 13.7. The summed E-state index contributed by atoms with van der Waals surface area (Å²) in [7, 11) is 0. The Kier molecular flexibility index (Phi) is 10.5. The lowest BCUT2D eigenvalue weighted by Crippen LogP contribution is -2.34. The minimum absolute atomic E-state index is 0.0295. The van der Waals surface area contributed by atoms with Gasteiger partial charge in [0, 0.05) is 42.0 Å². The third kappa shape index (κ3) is 8.03. The molecule has 1 amide bonds. The first kappa shape index (κ1) is 31.4. The summed E-state index contributed by atoms with van der Waals surface area (Å²) in [6.07, 6.45) is -0.600. The fourth-order valence-corrected chi connectivity index (χ4v) is 5.67. The van der Waals surface area contributed by atoms with E-state index in [4.69, 9.17) is 0 Å². The Balaban J connectivity index is 1.65. The lowest BCUT2D eigenvalue weighted by atomic mass is 9.87. The summed E-state index contributed by atoms with van der Waals surface area (Å²) in [6, 6.07) is 21.6. The average Bonchev–Trinajstić information content (AvgIpc) is 3.33. The van der Waals surface area contributed by atoms with Gasteiger partial charge in [0.25, 0.3) is 0 Å². The van der Waals surface area contributed by atoms with Gasteiger partial charge in [0.15, 0.2) is 0 Å². The van der Waals surface area contributed by atoms with Crippen LogP contribution in [0.4, 0.5) is 13.2 Å². The minimum Gasteiger partial charge on any atom is -0.354 e.